The van der Waals surface area contributed by atoms with E-state index in [0.717, 1.165) is 12.2 Å². The average Bonchev–Trinajstić information content (AvgIpc) is 3.01. The first-order valence-corrected chi connectivity index (χ1v) is 13.8. The van der Waals surface area contributed by atoms with Crippen LogP contribution in [0.15, 0.2) is 49.6 Å². The molecule has 0 saturated carbocycles. The number of hydrogen-bond acceptors (Lipinski definition) is 14. The van der Waals surface area contributed by atoms with Gasteiger partial charge in [-0.2, -0.15) is 0 Å². The predicted octanol–water partition coefficient (Wildman–Crippen LogP) is 0.545. The highest BCUT2D eigenvalue weighted by Crippen LogP contribution is 2.19. The number of aliphatic hydroxyl groups excluding tert-OH is 2. The molecule has 0 amide bonds. The van der Waals surface area contributed by atoms with Crippen LogP contribution in [0.25, 0.3) is 0 Å². The molecule has 0 aromatic heterocycles. The molecule has 0 radical (unpaired) electrons. The summed E-state index contributed by atoms with van der Waals surface area (Å²) >= 11 is 0. The Labute approximate surface area is 259 Å². The van der Waals surface area contributed by atoms with Crippen molar-refractivity contribution in [2.24, 2.45) is 0 Å². The van der Waals surface area contributed by atoms with Gasteiger partial charge in [-0.15, -0.1) is 0 Å². The van der Waals surface area contributed by atoms with Gasteiger partial charge >= 0.3 is 11.9 Å². The zero-order valence-electron chi connectivity index (χ0n) is 25.9. The van der Waals surface area contributed by atoms with Crippen molar-refractivity contribution >= 4 is 23.5 Å². The van der Waals surface area contributed by atoms with Crippen molar-refractivity contribution in [3.05, 3.63) is 49.6 Å². The van der Waals surface area contributed by atoms with E-state index in [4.69, 9.17) is 48.1 Å². The number of carbonyl (C=O) groups excluding carboxylic acids is 4. The Kier molecular flexibility index (Phi) is 28.1. The third-order valence-electron chi connectivity index (χ3n) is 4.86. The van der Waals surface area contributed by atoms with Gasteiger partial charge in [-0.3, -0.25) is 9.59 Å². The number of ketones is 2. The molecule has 2 N–H and O–H groups in total. The molecule has 0 spiro atoms. The largest absolute Gasteiger partial charge is 0.460 e. The SMILES string of the molecule is C=CC(=O)C(COCCOCCOCCOC(=O)C(=C)C)(OC(=O)C(=C)C)C(=O)C=C.OCCOCCOCCOCCO. The van der Waals surface area contributed by atoms with Crippen LogP contribution in [-0.4, -0.2) is 138 Å². The van der Waals surface area contributed by atoms with Crippen LogP contribution < -0.4 is 0 Å². The third kappa shape index (κ3) is 21.6. The second kappa shape index (κ2) is 28.7. The molecule has 252 valence electrons. The van der Waals surface area contributed by atoms with Gasteiger partial charge in [0.15, 0.2) is 0 Å². The van der Waals surface area contributed by atoms with Crippen LogP contribution in [0.3, 0.4) is 0 Å². The molecule has 0 unspecified atom stereocenters. The number of hydrogen-bond donors (Lipinski definition) is 2. The molecule has 0 fully saturated rings. The van der Waals surface area contributed by atoms with Gasteiger partial charge in [-0.1, -0.05) is 26.3 Å². The quantitative estimate of drug-likeness (QED) is 0.0528. The molecule has 44 heavy (non-hydrogen) atoms. The summed E-state index contributed by atoms with van der Waals surface area (Å²) in [6, 6.07) is 0. The maximum Gasteiger partial charge on any atom is 0.334 e. The first-order chi connectivity index (χ1) is 21.0. The fourth-order valence-corrected chi connectivity index (χ4v) is 2.61. The molecule has 0 bridgehead atoms. The average molecular weight is 633 g/mol. The van der Waals surface area contributed by atoms with Gasteiger partial charge in [0.2, 0.25) is 11.6 Å². The standard InChI is InChI=1S/C22H30O9.C8H18O5/c1-7-18(23)22(19(24)8-2,31-21(26)17(5)6)15-29-12-11-27-9-10-28-13-14-30-20(25)16(3)4;9-1-3-11-5-7-13-8-6-12-4-2-10/h7-8H,1-3,5,9-15H2,4,6H3;9-10H,1-8H2. The molecular weight excluding hydrogens is 584 g/mol. The van der Waals surface area contributed by atoms with Crippen molar-refractivity contribution < 1.29 is 67.3 Å². The second-order valence-corrected chi connectivity index (χ2v) is 8.61. The number of ether oxygens (including phenoxy) is 8. The minimum absolute atomic E-state index is 0.0100. The lowest BCUT2D eigenvalue weighted by Gasteiger charge is -2.28. The second-order valence-electron chi connectivity index (χ2n) is 8.61. The van der Waals surface area contributed by atoms with E-state index in [1.165, 1.54) is 6.92 Å². The topological polar surface area (TPSA) is 183 Å². The molecule has 0 saturated heterocycles. The lowest BCUT2D eigenvalue weighted by atomic mass is 9.93. The highest BCUT2D eigenvalue weighted by atomic mass is 16.6. The van der Waals surface area contributed by atoms with Crippen molar-refractivity contribution in [1.29, 1.82) is 0 Å². The van der Waals surface area contributed by atoms with Gasteiger partial charge in [-0.25, -0.2) is 9.59 Å². The molecule has 14 heteroatoms. The first-order valence-electron chi connectivity index (χ1n) is 13.8. The third-order valence-corrected chi connectivity index (χ3v) is 4.86. The summed E-state index contributed by atoms with van der Waals surface area (Å²) in [5.74, 6) is -3.08. The van der Waals surface area contributed by atoms with Crippen molar-refractivity contribution in [3.8, 4) is 0 Å². The first kappa shape index (κ1) is 43.0. The fourth-order valence-electron chi connectivity index (χ4n) is 2.61. The van der Waals surface area contributed by atoms with E-state index >= 15 is 0 Å². The summed E-state index contributed by atoms with van der Waals surface area (Å²) in [6.07, 6.45) is 1.75. The van der Waals surface area contributed by atoms with Gasteiger partial charge in [0.1, 0.15) is 13.2 Å². The highest BCUT2D eigenvalue weighted by Gasteiger charge is 2.47. The summed E-state index contributed by atoms with van der Waals surface area (Å²) in [5.41, 5.74) is -1.90. The fraction of sp³-hybridized carbons (Fsp3) is 0.600. The normalized spacial score (nSPS) is 10.6. The van der Waals surface area contributed by atoms with Crippen LogP contribution in [0.5, 0.6) is 0 Å². The van der Waals surface area contributed by atoms with Crippen LogP contribution in [0.2, 0.25) is 0 Å². The minimum Gasteiger partial charge on any atom is -0.460 e. The molecule has 14 nitrogen and oxygen atoms in total. The van der Waals surface area contributed by atoms with E-state index in [-0.39, 0.29) is 58.4 Å². The molecule has 0 aliphatic heterocycles. The molecule has 0 aromatic carbocycles. The summed E-state index contributed by atoms with van der Waals surface area (Å²) in [7, 11) is 0. The Morgan fingerprint density at radius 1 is 0.568 bits per heavy atom. The van der Waals surface area contributed by atoms with Gasteiger partial charge in [-0.05, 0) is 26.0 Å². The minimum atomic E-state index is -2.22. The number of rotatable bonds is 28. The maximum atomic E-state index is 12.3. The van der Waals surface area contributed by atoms with Crippen molar-refractivity contribution in [1.82, 2.24) is 0 Å². The maximum absolute atomic E-state index is 12.3. The van der Waals surface area contributed by atoms with Crippen molar-refractivity contribution in [2.75, 3.05) is 99.1 Å². The van der Waals surface area contributed by atoms with Crippen LogP contribution >= 0.6 is 0 Å². The monoisotopic (exact) mass is 632 g/mol. The number of aliphatic hydroxyl groups is 2. The smallest absolute Gasteiger partial charge is 0.334 e. The number of carbonyl (C=O) groups is 4. The van der Waals surface area contributed by atoms with Gasteiger partial charge in [0.05, 0.1) is 85.9 Å². The lowest BCUT2D eigenvalue weighted by Crippen LogP contribution is -2.53. The van der Waals surface area contributed by atoms with Crippen LogP contribution in [0.4, 0.5) is 0 Å². The molecule has 0 heterocycles. The zero-order chi connectivity index (χ0) is 33.6. The van der Waals surface area contributed by atoms with Gasteiger partial charge < -0.3 is 48.1 Å². The highest BCUT2D eigenvalue weighted by molar-refractivity contribution is 6.19. The van der Waals surface area contributed by atoms with Crippen LogP contribution in [0.1, 0.15) is 13.8 Å². The molecule has 0 aliphatic rings. The Morgan fingerprint density at radius 3 is 1.25 bits per heavy atom. The molecule has 0 aromatic rings. The molecule has 0 atom stereocenters. The Morgan fingerprint density at radius 2 is 0.909 bits per heavy atom. The van der Waals surface area contributed by atoms with Crippen molar-refractivity contribution in [2.45, 2.75) is 19.4 Å². The van der Waals surface area contributed by atoms with E-state index in [9.17, 15) is 19.2 Å². The number of esters is 2. The van der Waals surface area contributed by atoms with E-state index in [1.54, 1.807) is 6.92 Å². The van der Waals surface area contributed by atoms with Crippen LogP contribution in [0, 0.1) is 0 Å². The van der Waals surface area contributed by atoms with E-state index < -0.39 is 35.7 Å². The molecule has 0 rings (SSSR count). The van der Waals surface area contributed by atoms with Crippen molar-refractivity contribution in [3.63, 3.8) is 0 Å². The summed E-state index contributed by atoms with van der Waals surface area (Å²) in [5, 5.41) is 16.7. The summed E-state index contributed by atoms with van der Waals surface area (Å²) in [6.45, 7) is 19.7. The Hall–Kier alpha value is -3.08. The predicted molar refractivity (Wildman–Crippen MR) is 159 cm³/mol. The molecule has 0 aliphatic carbocycles. The van der Waals surface area contributed by atoms with Gasteiger partial charge in [0, 0.05) is 11.1 Å². The van der Waals surface area contributed by atoms with Crippen LogP contribution in [-0.2, 0) is 57.1 Å². The molecular formula is C30H48O14. The van der Waals surface area contributed by atoms with E-state index in [1.807, 2.05) is 0 Å². The lowest BCUT2D eigenvalue weighted by molar-refractivity contribution is -0.173. The van der Waals surface area contributed by atoms with E-state index in [2.05, 4.69) is 26.3 Å². The zero-order valence-corrected chi connectivity index (χ0v) is 25.9. The van der Waals surface area contributed by atoms with E-state index in [0.29, 0.717) is 45.2 Å². The van der Waals surface area contributed by atoms with Gasteiger partial charge in [0.25, 0.3) is 5.60 Å². The Bertz CT molecular complexity index is 853. The Balaban J connectivity index is 0. The summed E-state index contributed by atoms with van der Waals surface area (Å²) in [4.78, 5) is 47.7. The summed E-state index contributed by atoms with van der Waals surface area (Å²) < 4.78 is 40.9.